The Hall–Kier alpha value is -2.44. The predicted molar refractivity (Wildman–Crippen MR) is 114 cm³/mol. The Bertz CT molecular complexity index is 1060. The summed E-state index contributed by atoms with van der Waals surface area (Å²) >= 11 is 1.73. The average molecular weight is 406 g/mol. The number of amides is 1. The van der Waals surface area contributed by atoms with Crippen LogP contribution in [0.3, 0.4) is 0 Å². The number of anilines is 1. The lowest BCUT2D eigenvalue weighted by atomic mass is 9.89. The molecule has 148 valence electrons. The Morgan fingerprint density at radius 1 is 1.07 bits per heavy atom. The molecular formula is C23H23N3O2S. The number of hydrogen-bond acceptors (Lipinski definition) is 5. The molecule has 0 radical (unpaired) electrons. The third-order valence-electron chi connectivity index (χ3n) is 6.72. The van der Waals surface area contributed by atoms with Crippen LogP contribution in [0.4, 0.5) is 5.82 Å². The van der Waals surface area contributed by atoms with Gasteiger partial charge in [-0.3, -0.25) is 4.79 Å². The lowest BCUT2D eigenvalue weighted by Crippen LogP contribution is -2.50. The van der Waals surface area contributed by atoms with Crippen LogP contribution in [-0.2, 0) is 9.53 Å². The van der Waals surface area contributed by atoms with Gasteiger partial charge in [-0.25, -0.2) is 4.98 Å². The Morgan fingerprint density at radius 2 is 1.90 bits per heavy atom. The van der Waals surface area contributed by atoms with Crippen LogP contribution >= 0.6 is 11.3 Å². The zero-order valence-corrected chi connectivity index (χ0v) is 17.0. The van der Waals surface area contributed by atoms with Crippen molar-refractivity contribution in [2.75, 3.05) is 18.0 Å². The largest absolute Gasteiger partial charge is 0.355 e. The first-order chi connectivity index (χ1) is 14.3. The van der Waals surface area contributed by atoms with Crippen LogP contribution in [0.5, 0.6) is 0 Å². The number of benzene rings is 1. The fraction of sp³-hybridized carbons (Fsp3) is 0.391. The fourth-order valence-corrected chi connectivity index (χ4v) is 6.14. The minimum Gasteiger partial charge on any atom is -0.355 e. The molecule has 3 aliphatic rings. The highest BCUT2D eigenvalue weighted by Crippen LogP contribution is 2.48. The summed E-state index contributed by atoms with van der Waals surface area (Å²) in [7, 11) is 0. The van der Waals surface area contributed by atoms with Gasteiger partial charge in [0.1, 0.15) is 12.0 Å². The molecule has 0 unspecified atom stereocenters. The van der Waals surface area contributed by atoms with Crippen molar-refractivity contribution in [2.24, 2.45) is 0 Å². The molecule has 2 atom stereocenters. The number of fused-ring (bicyclic) bond motifs is 2. The summed E-state index contributed by atoms with van der Waals surface area (Å²) in [5.41, 5.74) is 0.563. The zero-order chi connectivity index (χ0) is 19.4. The standard InChI is InChI=1S/C23H23N3O2S/c27-22-23(28-19-7-6-18(26(19)22)16-4-2-1-3-5-16)10-13-25(14-11-23)21-20-17(8-12-24-21)9-15-29-20/h1-5,8-9,12,15,18-19H,6-7,10-11,13-14H2/t18-,19+/m0/s1. The van der Waals surface area contributed by atoms with Gasteiger partial charge in [0.15, 0.2) is 5.60 Å². The summed E-state index contributed by atoms with van der Waals surface area (Å²) in [4.78, 5) is 22.5. The fourth-order valence-electron chi connectivity index (χ4n) is 5.23. The molecular weight excluding hydrogens is 382 g/mol. The van der Waals surface area contributed by atoms with Gasteiger partial charge in [0.2, 0.25) is 0 Å². The van der Waals surface area contributed by atoms with Gasteiger partial charge in [-0.05, 0) is 41.3 Å². The lowest BCUT2D eigenvalue weighted by Gasteiger charge is -2.38. The summed E-state index contributed by atoms with van der Waals surface area (Å²) in [6.45, 7) is 1.60. The number of ether oxygens (including phenoxy) is 1. The number of carbonyl (C=O) groups excluding carboxylic acids is 1. The van der Waals surface area contributed by atoms with Gasteiger partial charge >= 0.3 is 0 Å². The molecule has 29 heavy (non-hydrogen) atoms. The molecule has 5 nitrogen and oxygen atoms in total. The minimum atomic E-state index is -0.655. The summed E-state index contributed by atoms with van der Waals surface area (Å²) < 4.78 is 7.70. The van der Waals surface area contributed by atoms with Crippen LogP contribution in [0.2, 0.25) is 0 Å². The molecule has 0 saturated carbocycles. The first-order valence-electron chi connectivity index (χ1n) is 10.4. The Balaban J connectivity index is 1.23. The molecule has 6 rings (SSSR count). The predicted octanol–water partition coefficient (Wildman–Crippen LogP) is 4.36. The monoisotopic (exact) mass is 405 g/mol. The van der Waals surface area contributed by atoms with Crippen molar-refractivity contribution in [1.29, 1.82) is 0 Å². The molecule has 1 amide bonds. The quantitative estimate of drug-likeness (QED) is 0.636. The highest BCUT2D eigenvalue weighted by molar-refractivity contribution is 7.17. The summed E-state index contributed by atoms with van der Waals surface area (Å²) in [6.07, 6.45) is 5.16. The number of thiophene rings is 1. The van der Waals surface area contributed by atoms with E-state index >= 15 is 0 Å². The maximum Gasteiger partial charge on any atom is 0.257 e. The van der Waals surface area contributed by atoms with Crippen molar-refractivity contribution < 1.29 is 9.53 Å². The van der Waals surface area contributed by atoms with Crippen molar-refractivity contribution in [3.05, 3.63) is 59.6 Å². The van der Waals surface area contributed by atoms with Crippen LogP contribution < -0.4 is 4.90 Å². The van der Waals surface area contributed by atoms with E-state index in [2.05, 4.69) is 51.7 Å². The van der Waals surface area contributed by atoms with E-state index in [1.165, 1.54) is 15.6 Å². The van der Waals surface area contributed by atoms with Gasteiger partial charge in [0.05, 0.1) is 10.7 Å². The van der Waals surface area contributed by atoms with Gasteiger partial charge in [-0.2, -0.15) is 0 Å². The van der Waals surface area contributed by atoms with E-state index in [9.17, 15) is 4.79 Å². The van der Waals surface area contributed by atoms with E-state index in [1.54, 1.807) is 11.3 Å². The highest BCUT2D eigenvalue weighted by Gasteiger charge is 2.58. The van der Waals surface area contributed by atoms with Gasteiger partial charge in [0, 0.05) is 32.1 Å². The van der Waals surface area contributed by atoms with Crippen LogP contribution in [0, 0.1) is 0 Å². The number of nitrogens with zero attached hydrogens (tertiary/aromatic N) is 3. The van der Waals surface area contributed by atoms with Gasteiger partial charge < -0.3 is 14.5 Å². The van der Waals surface area contributed by atoms with Crippen molar-refractivity contribution in [1.82, 2.24) is 9.88 Å². The number of hydrogen-bond donors (Lipinski definition) is 0. The number of piperidine rings is 1. The van der Waals surface area contributed by atoms with Gasteiger partial charge in [0.25, 0.3) is 5.91 Å². The van der Waals surface area contributed by atoms with Crippen molar-refractivity contribution >= 4 is 33.1 Å². The molecule has 1 spiro atoms. The lowest BCUT2D eigenvalue weighted by molar-refractivity contribution is -0.140. The molecule has 3 aromatic rings. The number of carbonyl (C=O) groups is 1. The Morgan fingerprint density at radius 3 is 2.72 bits per heavy atom. The molecule has 0 N–H and O–H groups in total. The first-order valence-corrected chi connectivity index (χ1v) is 11.3. The maximum absolute atomic E-state index is 13.5. The zero-order valence-electron chi connectivity index (χ0n) is 16.2. The second kappa shape index (κ2) is 6.54. The molecule has 2 aromatic heterocycles. The summed E-state index contributed by atoms with van der Waals surface area (Å²) in [5, 5.41) is 3.35. The van der Waals surface area contributed by atoms with Gasteiger partial charge in [-0.1, -0.05) is 30.3 Å². The SMILES string of the molecule is O=C1N2[C@@H](CC[C@H]2c2ccccc2)OC12CCN(c1nccc3ccsc13)CC2. The number of pyridine rings is 1. The second-order valence-corrected chi connectivity index (χ2v) is 9.16. The Labute approximate surface area is 173 Å². The topological polar surface area (TPSA) is 45.7 Å². The van der Waals surface area contributed by atoms with E-state index in [4.69, 9.17) is 4.74 Å². The maximum atomic E-state index is 13.5. The third-order valence-corrected chi connectivity index (χ3v) is 7.65. The molecule has 0 bridgehead atoms. The van der Waals surface area contributed by atoms with E-state index in [-0.39, 0.29) is 18.2 Å². The van der Waals surface area contributed by atoms with Gasteiger partial charge in [-0.15, -0.1) is 11.3 Å². The molecule has 3 aliphatic heterocycles. The Kier molecular flexibility index (Phi) is 3.93. The third kappa shape index (κ3) is 2.62. The molecule has 5 heterocycles. The normalized spacial score (nSPS) is 25.9. The van der Waals surface area contributed by atoms with E-state index in [0.717, 1.165) is 44.6 Å². The van der Waals surface area contributed by atoms with Crippen molar-refractivity contribution in [3.8, 4) is 0 Å². The van der Waals surface area contributed by atoms with Crippen LogP contribution in [0.15, 0.2) is 54.0 Å². The molecule has 6 heteroatoms. The van der Waals surface area contributed by atoms with E-state index < -0.39 is 5.60 Å². The van der Waals surface area contributed by atoms with E-state index in [0.29, 0.717) is 0 Å². The molecule has 3 saturated heterocycles. The second-order valence-electron chi connectivity index (χ2n) is 8.24. The smallest absolute Gasteiger partial charge is 0.257 e. The molecule has 1 aromatic carbocycles. The van der Waals surface area contributed by atoms with Crippen LogP contribution in [0.1, 0.15) is 37.3 Å². The molecule has 0 aliphatic carbocycles. The number of aromatic nitrogens is 1. The van der Waals surface area contributed by atoms with E-state index in [1.807, 2.05) is 17.2 Å². The van der Waals surface area contributed by atoms with Crippen LogP contribution in [0.25, 0.3) is 10.1 Å². The highest BCUT2D eigenvalue weighted by atomic mass is 32.1. The van der Waals surface area contributed by atoms with Crippen LogP contribution in [-0.4, -0.2) is 40.7 Å². The van der Waals surface area contributed by atoms with Crippen molar-refractivity contribution in [3.63, 3.8) is 0 Å². The summed E-state index contributed by atoms with van der Waals surface area (Å²) in [6, 6.07) is 14.7. The molecule has 3 fully saturated rings. The number of rotatable bonds is 2. The summed E-state index contributed by atoms with van der Waals surface area (Å²) in [5.74, 6) is 1.23. The van der Waals surface area contributed by atoms with Crippen molar-refractivity contribution in [2.45, 2.75) is 43.6 Å². The minimum absolute atomic E-state index is 0.0712. The average Bonchev–Trinajstić information content (AvgIpc) is 3.46. The first kappa shape index (κ1) is 17.4.